The van der Waals surface area contributed by atoms with Crippen molar-refractivity contribution in [1.29, 1.82) is 0 Å². The fourth-order valence-corrected chi connectivity index (χ4v) is 3.05. The van der Waals surface area contributed by atoms with E-state index in [9.17, 15) is 4.79 Å². The minimum Gasteiger partial charge on any atom is -0.508 e. The summed E-state index contributed by atoms with van der Waals surface area (Å²) in [7, 11) is 0. The van der Waals surface area contributed by atoms with Crippen LogP contribution in [0, 0.1) is 0 Å². The Hall–Kier alpha value is -3.19. The molecule has 0 spiro atoms. The van der Waals surface area contributed by atoms with Gasteiger partial charge in [-0.05, 0) is 37.0 Å². The van der Waals surface area contributed by atoms with Gasteiger partial charge in [0, 0.05) is 6.08 Å². The monoisotopic (exact) mass is 511 g/mol. The molecule has 0 heterocycles. The number of unbranched alkanes of at least 4 members (excludes halogenated alkanes) is 7. The Balaban J connectivity index is 0.000000832. The summed E-state index contributed by atoms with van der Waals surface area (Å²) in [4.78, 5) is 10.2. The third-order valence-corrected chi connectivity index (χ3v) is 5.14. The highest BCUT2D eigenvalue weighted by Gasteiger charge is 2.11. The summed E-state index contributed by atoms with van der Waals surface area (Å²) in [6.45, 7) is 2.25. The van der Waals surface area contributed by atoms with E-state index in [1.165, 1.54) is 63.2 Å². The van der Waals surface area contributed by atoms with E-state index in [1.807, 2.05) is 36.5 Å². The molecule has 0 amide bonds. The van der Waals surface area contributed by atoms with Crippen LogP contribution in [0.3, 0.4) is 0 Å². The van der Waals surface area contributed by atoms with E-state index >= 15 is 0 Å². The lowest BCUT2D eigenvalue weighted by molar-refractivity contribution is -0.131. The Morgan fingerprint density at radius 1 is 0.784 bits per heavy atom. The molecule has 6 N–H and O–H groups in total. The third kappa shape index (κ3) is 24.3. The maximum atomic E-state index is 10.2. The molecule has 0 saturated carbocycles. The van der Waals surface area contributed by atoms with Crippen LogP contribution in [0.4, 0.5) is 0 Å². The molecule has 0 aliphatic heterocycles. The van der Waals surface area contributed by atoms with Crippen LogP contribution in [0.1, 0.15) is 63.9 Å². The molecule has 1 aromatic rings. The Kier molecular flexibility index (Phi) is 22.4. The molecule has 204 valence electrons. The molecule has 0 saturated heterocycles. The number of allylic oxidation sites excluding steroid dienone is 11. The van der Waals surface area contributed by atoms with Crippen molar-refractivity contribution < 1.29 is 25.2 Å². The highest BCUT2D eigenvalue weighted by atomic mass is 16.5. The number of rotatable bonds is 17. The third-order valence-electron chi connectivity index (χ3n) is 5.14. The number of carboxylic acids is 1. The van der Waals surface area contributed by atoms with Crippen molar-refractivity contribution in [3.05, 3.63) is 103 Å². The van der Waals surface area contributed by atoms with Crippen LogP contribution in [0.15, 0.2) is 97.2 Å². The first-order chi connectivity index (χ1) is 17.9. The van der Waals surface area contributed by atoms with Gasteiger partial charge in [0.2, 0.25) is 0 Å². The van der Waals surface area contributed by atoms with Crippen molar-refractivity contribution in [1.82, 2.24) is 0 Å². The quantitative estimate of drug-likeness (QED) is 0.0743. The van der Waals surface area contributed by atoms with Crippen LogP contribution in [0.5, 0.6) is 5.75 Å². The highest BCUT2D eigenvalue weighted by molar-refractivity contribution is 5.80. The molecular weight excluding hydrogens is 466 g/mol. The number of benzene rings is 1. The van der Waals surface area contributed by atoms with E-state index in [0.29, 0.717) is 6.42 Å². The molecule has 0 aliphatic carbocycles. The van der Waals surface area contributed by atoms with Crippen molar-refractivity contribution >= 4 is 5.97 Å². The molecule has 0 aliphatic rings. The Labute approximate surface area is 222 Å². The lowest BCUT2D eigenvalue weighted by atomic mass is 10.1. The molecule has 6 heteroatoms. The predicted octanol–water partition coefficient (Wildman–Crippen LogP) is 6.12. The van der Waals surface area contributed by atoms with Crippen LogP contribution in [0.25, 0.3) is 0 Å². The van der Waals surface area contributed by atoms with Crippen LogP contribution >= 0.6 is 0 Å². The lowest BCUT2D eigenvalue weighted by Crippen LogP contribution is -2.36. The van der Waals surface area contributed by atoms with Crippen molar-refractivity contribution in [3.63, 3.8) is 0 Å². The lowest BCUT2D eigenvalue weighted by Gasteiger charge is -2.13. The van der Waals surface area contributed by atoms with Crippen molar-refractivity contribution in [2.75, 3.05) is 0 Å². The van der Waals surface area contributed by atoms with E-state index < -0.39 is 18.3 Å². The molecule has 37 heavy (non-hydrogen) atoms. The molecule has 1 aromatic carbocycles. The molecule has 0 bridgehead atoms. The Bertz CT molecular complexity index is 864. The maximum absolute atomic E-state index is 10.2. The largest absolute Gasteiger partial charge is 0.508 e. The first kappa shape index (κ1) is 33.8. The molecule has 1 rings (SSSR count). The second-order valence-corrected chi connectivity index (χ2v) is 8.52. The number of nitrogens with two attached hydrogens (primary N) is 1. The van der Waals surface area contributed by atoms with Gasteiger partial charge < -0.3 is 26.2 Å². The Morgan fingerprint density at radius 3 is 1.78 bits per heavy atom. The molecular formula is C31H45NO5. The summed E-state index contributed by atoms with van der Waals surface area (Å²) >= 11 is 0. The number of hydrogen-bond donors (Lipinski definition) is 5. The van der Waals surface area contributed by atoms with Crippen LogP contribution in [-0.4, -0.2) is 38.7 Å². The van der Waals surface area contributed by atoms with Crippen molar-refractivity contribution in [3.8, 4) is 5.75 Å². The summed E-state index contributed by atoms with van der Waals surface area (Å²) in [5.41, 5.74) is 6.28. The fourth-order valence-electron chi connectivity index (χ4n) is 3.05. The number of aliphatic hydroxyl groups excluding tert-OH is 1. The van der Waals surface area contributed by atoms with E-state index in [-0.39, 0.29) is 5.75 Å². The average Bonchev–Trinajstić information content (AvgIpc) is 2.87. The second-order valence-electron chi connectivity index (χ2n) is 8.52. The van der Waals surface area contributed by atoms with Gasteiger partial charge in [-0.25, -0.2) is 4.79 Å². The van der Waals surface area contributed by atoms with Crippen LogP contribution < -0.4 is 5.73 Å². The van der Waals surface area contributed by atoms with Gasteiger partial charge in [-0.2, -0.15) is 0 Å². The summed E-state index contributed by atoms with van der Waals surface area (Å²) in [6, 6.07) is 5.76. The fraction of sp³-hybridized carbons (Fsp3) is 0.387. The number of carboxylic acid groups (broad SMARTS) is 1. The number of phenols is 1. The SMILES string of the molecule is CCCCCCCCCC=CC=CC=CC=CC=CC=CC(=O)O.N[C@@H](Cc1ccc(O)cc1)C(O)O. The highest BCUT2D eigenvalue weighted by Crippen LogP contribution is 2.11. The number of aliphatic carboxylic acids is 1. The number of aromatic hydroxyl groups is 1. The van der Waals surface area contributed by atoms with E-state index in [1.54, 1.807) is 24.3 Å². The topological polar surface area (TPSA) is 124 Å². The number of hydrogen-bond acceptors (Lipinski definition) is 5. The maximum Gasteiger partial charge on any atom is 0.328 e. The van der Waals surface area contributed by atoms with Crippen molar-refractivity contribution in [2.45, 2.75) is 77.0 Å². The zero-order chi connectivity index (χ0) is 27.6. The van der Waals surface area contributed by atoms with Crippen LogP contribution in [-0.2, 0) is 11.2 Å². The zero-order valence-corrected chi connectivity index (χ0v) is 22.0. The van der Waals surface area contributed by atoms with Gasteiger partial charge in [0.1, 0.15) is 5.75 Å². The van der Waals surface area contributed by atoms with E-state index in [2.05, 4.69) is 19.1 Å². The van der Waals surface area contributed by atoms with Crippen LogP contribution in [0.2, 0.25) is 0 Å². The number of aliphatic hydroxyl groups is 2. The van der Waals surface area contributed by atoms with E-state index in [0.717, 1.165) is 18.1 Å². The normalized spacial score (nSPS) is 13.1. The van der Waals surface area contributed by atoms with Gasteiger partial charge in [0.05, 0.1) is 6.04 Å². The standard InChI is InChI=1S/C22H32O2.C9H13NO3/c1-2-3-4-5-6-7-8-9-10-11-12-13-14-15-16-17-18-19-20-21-22(23)24;10-8(9(12)13)5-6-1-3-7(11)4-2-6/h10-21H,2-9H2,1H3,(H,23,24);1-4,8-9,11-13H,5,10H2/t;8-/m.0/s1. The average molecular weight is 512 g/mol. The first-order valence-electron chi connectivity index (χ1n) is 13.0. The molecule has 1 atom stereocenters. The number of phenolic OH excluding ortho intramolecular Hbond substituents is 1. The van der Waals surface area contributed by atoms with Gasteiger partial charge in [-0.1, -0.05) is 124 Å². The van der Waals surface area contributed by atoms with Gasteiger partial charge >= 0.3 is 5.97 Å². The van der Waals surface area contributed by atoms with Crippen molar-refractivity contribution in [2.24, 2.45) is 5.73 Å². The zero-order valence-electron chi connectivity index (χ0n) is 22.0. The minimum atomic E-state index is -1.51. The van der Waals surface area contributed by atoms with Gasteiger partial charge in [-0.15, -0.1) is 0 Å². The number of carbonyl (C=O) groups is 1. The molecule has 0 fully saturated rings. The smallest absolute Gasteiger partial charge is 0.328 e. The summed E-state index contributed by atoms with van der Waals surface area (Å²) in [5, 5.41) is 34.8. The summed E-state index contributed by atoms with van der Waals surface area (Å²) in [5.74, 6) is -0.754. The first-order valence-corrected chi connectivity index (χ1v) is 13.0. The molecule has 6 nitrogen and oxygen atoms in total. The van der Waals surface area contributed by atoms with Gasteiger partial charge in [0.25, 0.3) is 0 Å². The Morgan fingerprint density at radius 2 is 1.27 bits per heavy atom. The molecule has 0 aromatic heterocycles. The summed E-state index contributed by atoms with van der Waals surface area (Å²) in [6.07, 6.45) is 31.6. The van der Waals surface area contributed by atoms with E-state index in [4.69, 9.17) is 26.2 Å². The predicted molar refractivity (Wildman–Crippen MR) is 153 cm³/mol. The minimum absolute atomic E-state index is 0.182. The second kappa shape index (κ2) is 24.5. The molecule has 0 unspecified atom stereocenters. The summed E-state index contributed by atoms with van der Waals surface area (Å²) < 4.78 is 0. The molecule has 0 radical (unpaired) electrons. The van der Waals surface area contributed by atoms with Gasteiger partial charge in [-0.3, -0.25) is 0 Å². The van der Waals surface area contributed by atoms with Gasteiger partial charge in [0.15, 0.2) is 6.29 Å².